The van der Waals surface area contributed by atoms with Crippen LogP contribution in [0.1, 0.15) is 12.5 Å². The van der Waals surface area contributed by atoms with Crippen molar-refractivity contribution < 1.29 is 17.7 Å². The summed E-state index contributed by atoms with van der Waals surface area (Å²) in [5.74, 6) is 0. The van der Waals surface area contributed by atoms with Gasteiger partial charge in [-0.15, -0.1) is 0 Å². The van der Waals surface area contributed by atoms with Crippen LogP contribution in [0.2, 0.25) is 5.02 Å². The number of rotatable bonds is 6. The summed E-state index contributed by atoms with van der Waals surface area (Å²) in [6, 6.07) is 14.8. The molecule has 0 heterocycles. The van der Waals surface area contributed by atoms with E-state index in [1.54, 1.807) is 49.4 Å². The smallest absolute Gasteiger partial charge is 0.297 e. The summed E-state index contributed by atoms with van der Waals surface area (Å²) >= 11 is 5.95. The van der Waals surface area contributed by atoms with Gasteiger partial charge in [-0.25, -0.2) is 0 Å². The molecule has 6 heteroatoms. The molecule has 0 spiro atoms. The van der Waals surface area contributed by atoms with Crippen molar-refractivity contribution in [2.75, 3.05) is 13.2 Å². The van der Waals surface area contributed by atoms with Gasteiger partial charge in [0, 0.05) is 10.4 Å². The van der Waals surface area contributed by atoms with Gasteiger partial charge < -0.3 is 5.11 Å². The van der Waals surface area contributed by atoms with E-state index in [2.05, 4.69) is 0 Å². The molecule has 118 valence electrons. The Balaban J connectivity index is 2.21. The normalized spacial score (nSPS) is 14.5. The average Bonchev–Trinajstić information content (AvgIpc) is 2.53. The molecule has 0 amide bonds. The summed E-state index contributed by atoms with van der Waals surface area (Å²) in [7, 11) is -3.87. The number of benzene rings is 2. The summed E-state index contributed by atoms with van der Waals surface area (Å²) in [6.45, 7) is 1.28. The zero-order valence-electron chi connectivity index (χ0n) is 12.1. The first kappa shape index (κ1) is 17.0. The molecule has 0 aromatic heterocycles. The van der Waals surface area contributed by atoms with Crippen molar-refractivity contribution in [1.29, 1.82) is 0 Å². The molecule has 22 heavy (non-hydrogen) atoms. The van der Waals surface area contributed by atoms with Gasteiger partial charge >= 0.3 is 0 Å². The Kier molecular flexibility index (Phi) is 5.24. The average molecular weight is 341 g/mol. The van der Waals surface area contributed by atoms with Crippen molar-refractivity contribution in [2.24, 2.45) is 0 Å². The third-order valence-electron chi connectivity index (χ3n) is 3.44. The fourth-order valence-corrected chi connectivity index (χ4v) is 3.18. The lowest BCUT2D eigenvalue weighted by atomic mass is 9.84. The summed E-state index contributed by atoms with van der Waals surface area (Å²) in [5.41, 5.74) is -0.155. The van der Waals surface area contributed by atoms with Gasteiger partial charge in [-0.3, -0.25) is 4.18 Å². The summed E-state index contributed by atoms with van der Waals surface area (Å²) in [4.78, 5) is 0.0846. The van der Waals surface area contributed by atoms with Crippen molar-refractivity contribution in [2.45, 2.75) is 17.2 Å². The van der Waals surface area contributed by atoms with Gasteiger partial charge in [0.15, 0.2) is 0 Å². The largest absolute Gasteiger partial charge is 0.395 e. The molecular weight excluding hydrogens is 324 g/mol. The highest BCUT2D eigenvalue weighted by molar-refractivity contribution is 7.86. The molecule has 0 fully saturated rings. The molecule has 1 atom stereocenters. The third kappa shape index (κ3) is 3.87. The van der Waals surface area contributed by atoms with E-state index in [0.29, 0.717) is 10.6 Å². The van der Waals surface area contributed by atoms with E-state index < -0.39 is 15.5 Å². The first-order valence-corrected chi connectivity index (χ1v) is 8.47. The zero-order chi connectivity index (χ0) is 16.2. The minimum atomic E-state index is -3.87. The van der Waals surface area contributed by atoms with Crippen LogP contribution in [-0.4, -0.2) is 26.7 Å². The quantitative estimate of drug-likeness (QED) is 0.821. The van der Waals surface area contributed by atoms with Crippen molar-refractivity contribution in [3.8, 4) is 0 Å². The first-order valence-electron chi connectivity index (χ1n) is 6.69. The van der Waals surface area contributed by atoms with E-state index in [-0.39, 0.29) is 18.1 Å². The first-order chi connectivity index (χ1) is 10.4. The van der Waals surface area contributed by atoms with Gasteiger partial charge in [0.1, 0.15) is 0 Å². The predicted octanol–water partition coefficient (Wildman–Crippen LogP) is 3.00. The van der Waals surface area contributed by atoms with Crippen molar-refractivity contribution in [3.05, 3.63) is 65.2 Å². The maximum absolute atomic E-state index is 12.2. The predicted molar refractivity (Wildman–Crippen MR) is 85.5 cm³/mol. The Morgan fingerprint density at radius 3 is 2.41 bits per heavy atom. The molecule has 0 bridgehead atoms. The molecule has 2 aromatic rings. The molecule has 4 nitrogen and oxygen atoms in total. The second kappa shape index (κ2) is 6.79. The van der Waals surface area contributed by atoms with Gasteiger partial charge in [-0.1, -0.05) is 48.9 Å². The van der Waals surface area contributed by atoms with Gasteiger partial charge in [-0.2, -0.15) is 8.42 Å². The number of halogens is 1. The number of hydrogen-bond acceptors (Lipinski definition) is 4. The van der Waals surface area contributed by atoms with Crippen LogP contribution < -0.4 is 0 Å². The minimum absolute atomic E-state index is 0.0846. The molecule has 0 radical (unpaired) electrons. The van der Waals surface area contributed by atoms with E-state index in [4.69, 9.17) is 15.8 Å². The van der Waals surface area contributed by atoms with Crippen LogP contribution >= 0.6 is 11.6 Å². The molecule has 1 N–H and O–H groups in total. The maximum atomic E-state index is 12.2. The monoisotopic (exact) mass is 340 g/mol. The lowest BCUT2D eigenvalue weighted by Crippen LogP contribution is -2.33. The highest BCUT2D eigenvalue weighted by atomic mass is 35.5. The third-order valence-corrected chi connectivity index (χ3v) is 4.95. The van der Waals surface area contributed by atoms with Gasteiger partial charge in [0.25, 0.3) is 10.1 Å². The Hall–Kier alpha value is -1.40. The summed E-state index contributed by atoms with van der Waals surface area (Å²) in [5, 5.41) is 10.2. The van der Waals surface area contributed by atoms with Crippen molar-refractivity contribution in [3.63, 3.8) is 0 Å². The molecular formula is C16H17ClO4S. The molecule has 0 aliphatic rings. The number of aliphatic hydroxyl groups is 1. The standard InChI is InChI=1S/C16H17ClO4S/c1-16(11-18,13-6-5-7-14(17)10-13)12-21-22(19,20)15-8-3-2-4-9-15/h2-10,18H,11-12H2,1H3/t16-/m1/s1. The summed E-state index contributed by atoms with van der Waals surface area (Å²) in [6.07, 6.45) is 0. The fraction of sp³-hybridized carbons (Fsp3) is 0.250. The van der Waals surface area contributed by atoms with Crippen LogP contribution in [0.4, 0.5) is 0 Å². The second-order valence-corrected chi connectivity index (χ2v) is 7.31. The fourth-order valence-electron chi connectivity index (χ4n) is 1.95. The maximum Gasteiger partial charge on any atom is 0.297 e. The lowest BCUT2D eigenvalue weighted by molar-refractivity contribution is 0.145. The highest BCUT2D eigenvalue weighted by Gasteiger charge is 2.29. The number of aliphatic hydroxyl groups excluding tert-OH is 1. The van der Waals surface area contributed by atoms with Crippen LogP contribution in [-0.2, 0) is 19.7 Å². The van der Waals surface area contributed by atoms with E-state index in [1.807, 2.05) is 0 Å². The molecule has 0 aliphatic heterocycles. The second-order valence-electron chi connectivity index (χ2n) is 5.26. The molecule has 0 unspecified atom stereocenters. The molecule has 0 aliphatic carbocycles. The SMILES string of the molecule is C[C@@](CO)(COS(=O)(=O)c1ccccc1)c1cccc(Cl)c1. The highest BCUT2D eigenvalue weighted by Crippen LogP contribution is 2.27. The van der Waals surface area contributed by atoms with Crippen LogP contribution in [0.15, 0.2) is 59.5 Å². The molecule has 2 rings (SSSR count). The molecule has 0 saturated heterocycles. The summed E-state index contributed by atoms with van der Waals surface area (Å²) < 4.78 is 29.5. The Morgan fingerprint density at radius 2 is 1.82 bits per heavy atom. The van der Waals surface area contributed by atoms with Crippen LogP contribution in [0.25, 0.3) is 0 Å². The van der Waals surface area contributed by atoms with E-state index in [1.165, 1.54) is 12.1 Å². The van der Waals surface area contributed by atoms with Crippen LogP contribution in [0, 0.1) is 0 Å². The number of hydrogen-bond donors (Lipinski definition) is 1. The van der Waals surface area contributed by atoms with Crippen molar-refractivity contribution >= 4 is 21.7 Å². The lowest BCUT2D eigenvalue weighted by Gasteiger charge is -2.27. The Morgan fingerprint density at radius 1 is 1.14 bits per heavy atom. The Bertz CT molecular complexity index is 731. The van der Waals surface area contributed by atoms with E-state index in [9.17, 15) is 13.5 Å². The van der Waals surface area contributed by atoms with Crippen LogP contribution in [0.5, 0.6) is 0 Å². The topological polar surface area (TPSA) is 63.6 Å². The van der Waals surface area contributed by atoms with Gasteiger partial charge in [0.2, 0.25) is 0 Å². The van der Waals surface area contributed by atoms with Crippen molar-refractivity contribution in [1.82, 2.24) is 0 Å². The van der Waals surface area contributed by atoms with E-state index in [0.717, 1.165) is 0 Å². The van der Waals surface area contributed by atoms with Gasteiger partial charge in [0.05, 0.1) is 18.1 Å². The van der Waals surface area contributed by atoms with Crippen LogP contribution in [0.3, 0.4) is 0 Å². The molecule has 0 saturated carbocycles. The zero-order valence-corrected chi connectivity index (χ0v) is 13.6. The Labute approximate surface area is 135 Å². The van der Waals surface area contributed by atoms with E-state index >= 15 is 0 Å². The molecule has 2 aromatic carbocycles. The van der Waals surface area contributed by atoms with Gasteiger partial charge in [-0.05, 0) is 29.8 Å². The minimum Gasteiger partial charge on any atom is -0.395 e.